The molecule has 0 bridgehead atoms. The lowest BCUT2D eigenvalue weighted by atomic mass is 9.84. The molecule has 1 heterocycles. The molecule has 5 nitrogen and oxygen atoms in total. The SMILES string of the molecule is CC(C)(C)[C@H](N)C(=O)N1CCC(c2cc(F)ccc2C(N)=O)CC1. The highest BCUT2D eigenvalue weighted by Gasteiger charge is 2.33. The van der Waals surface area contributed by atoms with Gasteiger partial charge in [0.05, 0.1) is 6.04 Å². The minimum absolute atomic E-state index is 0.0121. The molecule has 1 aliphatic heterocycles. The van der Waals surface area contributed by atoms with Crippen LogP contribution in [-0.2, 0) is 4.79 Å². The number of carbonyl (C=O) groups excluding carboxylic acids is 2. The van der Waals surface area contributed by atoms with Crippen LogP contribution in [-0.4, -0.2) is 35.8 Å². The molecule has 24 heavy (non-hydrogen) atoms. The highest BCUT2D eigenvalue weighted by atomic mass is 19.1. The zero-order chi connectivity index (χ0) is 18.1. The molecule has 0 radical (unpaired) electrons. The molecule has 1 fully saturated rings. The Hall–Kier alpha value is -1.95. The maximum Gasteiger partial charge on any atom is 0.248 e. The number of benzene rings is 1. The number of nitrogens with zero attached hydrogens (tertiary/aromatic N) is 1. The fourth-order valence-corrected chi connectivity index (χ4v) is 3.07. The van der Waals surface area contributed by atoms with Gasteiger partial charge in [-0.1, -0.05) is 20.8 Å². The fourth-order valence-electron chi connectivity index (χ4n) is 3.07. The van der Waals surface area contributed by atoms with E-state index in [0.29, 0.717) is 37.1 Å². The van der Waals surface area contributed by atoms with Crippen molar-refractivity contribution < 1.29 is 14.0 Å². The van der Waals surface area contributed by atoms with Gasteiger partial charge in [0.15, 0.2) is 0 Å². The van der Waals surface area contributed by atoms with Crippen LogP contribution in [0.15, 0.2) is 18.2 Å². The maximum absolute atomic E-state index is 13.6. The normalized spacial score (nSPS) is 17.6. The molecule has 2 amide bonds. The van der Waals surface area contributed by atoms with Crippen molar-refractivity contribution in [3.05, 3.63) is 35.1 Å². The number of piperidine rings is 1. The molecular formula is C18H26FN3O2. The van der Waals surface area contributed by atoms with Crippen LogP contribution in [0.25, 0.3) is 0 Å². The van der Waals surface area contributed by atoms with Crippen LogP contribution >= 0.6 is 0 Å². The summed E-state index contributed by atoms with van der Waals surface area (Å²) in [7, 11) is 0. The number of hydrogen-bond acceptors (Lipinski definition) is 3. The molecule has 1 atom stereocenters. The Labute approximate surface area is 142 Å². The number of nitrogens with two attached hydrogens (primary N) is 2. The first kappa shape index (κ1) is 18.4. The van der Waals surface area contributed by atoms with Gasteiger partial charge in [0.1, 0.15) is 5.82 Å². The number of amides is 2. The summed E-state index contributed by atoms with van der Waals surface area (Å²) in [5.41, 5.74) is 12.1. The predicted octanol–water partition coefficient (Wildman–Crippen LogP) is 2.00. The van der Waals surface area contributed by atoms with Gasteiger partial charge in [0.2, 0.25) is 11.8 Å². The van der Waals surface area contributed by atoms with Gasteiger partial charge < -0.3 is 16.4 Å². The second kappa shape index (κ2) is 6.89. The summed E-state index contributed by atoms with van der Waals surface area (Å²) < 4.78 is 13.6. The number of hydrogen-bond donors (Lipinski definition) is 2. The van der Waals surface area contributed by atoms with E-state index in [2.05, 4.69) is 0 Å². The standard InChI is InChI=1S/C18H26FN3O2/c1-18(2,3)15(20)17(24)22-8-6-11(7-9-22)14-10-12(19)4-5-13(14)16(21)23/h4-5,10-11,15H,6-9,20H2,1-3H3,(H2,21,23)/t15-/m1/s1. The van der Waals surface area contributed by atoms with Crippen molar-refractivity contribution in [3.8, 4) is 0 Å². The Morgan fingerprint density at radius 2 is 1.83 bits per heavy atom. The third-order valence-electron chi connectivity index (χ3n) is 4.72. The van der Waals surface area contributed by atoms with E-state index in [0.717, 1.165) is 0 Å². The zero-order valence-corrected chi connectivity index (χ0v) is 14.5. The van der Waals surface area contributed by atoms with E-state index in [1.165, 1.54) is 18.2 Å². The Balaban J connectivity index is 2.10. The Morgan fingerprint density at radius 1 is 1.25 bits per heavy atom. The average Bonchev–Trinajstić information content (AvgIpc) is 2.52. The highest BCUT2D eigenvalue weighted by Crippen LogP contribution is 2.32. The Kier molecular flexibility index (Phi) is 5.28. The van der Waals surface area contributed by atoms with E-state index in [1.54, 1.807) is 4.90 Å². The van der Waals surface area contributed by atoms with Crippen molar-refractivity contribution in [2.75, 3.05) is 13.1 Å². The molecule has 0 spiro atoms. The van der Waals surface area contributed by atoms with Gasteiger partial charge in [-0.25, -0.2) is 4.39 Å². The zero-order valence-electron chi connectivity index (χ0n) is 14.5. The molecule has 1 aliphatic rings. The average molecular weight is 335 g/mol. The van der Waals surface area contributed by atoms with Crippen molar-refractivity contribution in [2.45, 2.75) is 45.6 Å². The molecule has 2 rings (SSSR count). The lowest BCUT2D eigenvalue weighted by Crippen LogP contribution is -2.52. The second-order valence-corrected chi connectivity index (χ2v) is 7.54. The first-order valence-corrected chi connectivity index (χ1v) is 8.25. The van der Waals surface area contributed by atoms with Crippen LogP contribution in [0, 0.1) is 11.2 Å². The Bertz CT molecular complexity index is 632. The number of carbonyl (C=O) groups is 2. The van der Waals surface area contributed by atoms with Crippen LogP contribution in [0.2, 0.25) is 0 Å². The van der Waals surface area contributed by atoms with Crippen molar-refractivity contribution in [2.24, 2.45) is 16.9 Å². The quantitative estimate of drug-likeness (QED) is 0.885. The summed E-state index contributed by atoms with van der Waals surface area (Å²) in [6, 6.07) is 3.50. The van der Waals surface area contributed by atoms with E-state index in [1.807, 2.05) is 20.8 Å². The molecule has 1 aromatic rings. The second-order valence-electron chi connectivity index (χ2n) is 7.54. The monoisotopic (exact) mass is 335 g/mol. The van der Waals surface area contributed by atoms with Crippen molar-refractivity contribution in [3.63, 3.8) is 0 Å². The van der Waals surface area contributed by atoms with E-state index < -0.39 is 11.9 Å². The topological polar surface area (TPSA) is 89.4 Å². The van der Waals surface area contributed by atoms with E-state index in [9.17, 15) is 14.0 Å². The van der Waals surface area contributed by atoms with Crippen molar-refractivity contribution >= 4 is 11.8 Å². The van der Waals surface area contributed by atoms with Gasteiger partial charge in [-0.05, 0) is 47.9 Å². The maximum atomic E-state index is 13.6. The van der Waals surface area contributed by atoms with Crippen molar-refractivity contribution in [1.82, 2.24) is 4.90 Å². The lowest BCUT2D eigenvalue weighted by molar-refractivity contribution is -0.136. The van der Waals surface area contributed by atoms with E-state index >= 15 is 0 Å². The number of halogens is 1. The largest absolute Gasteiger partial charge is 0.366 e. The molecule has 4 N–H and O–H groups in total. The number of likely N-dealkylation sites (tertiary alicyclic amines) is 1. The molecule has 6 heteroatoms. The molecule has 0 saturated carbocycles. The molecule has 0 aliphatic carbocycles. The smallest absolute Gasteiger partial charge is 0.248 e. The summed E-state index contributed by atoms with van der Waals surface area (Å²) >= 11 is 0. The third-order valence-corrected chi connectivity index (χ3v) is 4.72. The van der Waals surface area contributed by atoms with Gasteiger partial charge in [0.25, 0.3) is 0 Å². The van der Waals surface area contributed by atoms with Gasteiger partial charge in [-0.15, -0.1) is 0 Å². The highest BCUT2D eigenvalue weighted by molar-refractivity contribution is 5.94. The van der Waals surface area contributed by atoms with Crippen LogP contribution in [0.3, 0.4) is 0 Å². The molecule has 1 saturated heterocycles. The van der Waals surface area contributed by atoms with Crippen molar-refractivity contribution in [1.29, 1.82) is 0 Å². The first-order valence-electron chi connectivity index (χ1n) is 8.25. The van der Waals surface area contributed by atoms with Gasteiger partial charge >= 0.3 is 0 Å². The minimum Gasteiger partial charge on any atom is -0.366 e. The van der Waals surface area contributed by atoms with Gasteiger partial charge in [-0.3, -0.25) is 9.59 Å². The molecule has 132 valence electrons. The summed E-state index contributed by atoms with van der Waals surface area (Å²) in [6.45, 7) is 6.90. The van der Waals surface area contributed by atoms with E-state index in [-0.39, 0.29) is 23.1 Å². The minimum atomic E-state index is -0.557. The number of rotatable bonds is 3. The summed E-state index contributed by atoms with van der Waals surface area (Å²) in [5.74, 6) is -0.991. The van der Waals surface area contributed by atoms with Gasteiger partial charge in [0, 0.05) is 18.7 Å². The number of primary amides is 1. The fraction of sp³-hybridized carbons (Fsp3) is 0.556. The van der Waals surface area contributed by atoms with Gasteiger partial charge in [-0.2, -0.15) is 0 Å². The van der Waals surface area contributed by atoms with E-state index in [4.69, 9.17) is 11.5 Å². The third kappa shape index (κ3) is 3.93. The molecule has 0 unspecified atom stereocenters. The summed E-state index contributed by atoms with van der Waals surface area (Å²) in [5, 5.41) is 0. The first-order chi connectivity index (χ1) is 11.1. The molecular weight excluding hydrogens is 309 g/mol. The lowest BCUT2D eigenvalue weighted by Gasteiger charge is -2.37. The summed E-state index contributed by atoms with van der Waals surface area (Å²) in [4.78, 5) is 25.8. The van der Waals surface area contributed by atoms with Crippen LogP contribution < -0.4 is 11.5 Å². The predicted molar refractivity (Wildman–Crippen MR) is 90.9 cm³/mol. The molecule has 0 aromatic heterocycles. The molecule has 1 aromatic carbocycles. The van der Waals surface area contributed by atoms with Crippen LogP contribution in [0.4, 0.5) is 4.39 Å². The van der Waals surface area contributed by atoms with Crippen LogP contribution in [0.1, 0.15) is 55.5 Å². The van der Waals surface area contributed by atoms with Crippen LogP contribution in [0.5, 0.6) is 0 Å². The summed E-state index contributed by atoms with van der Waals surface area (Å²) in [6.07, 6.45) is 1.32. The Morgan fingerprint density at radius 3 is 2.33 bits per heavy atom.